The predicted molar refractivity (Wildman–Crippen MR) is 75.2 cm³/mol. The molecule has 0 unspecified atom stereocenters. The van der Waals surface area contributed by atoms with Gasteiger partial charge in [0.15, 0.2) is 0 Å². The van der Waals surface area contributed by atoms with Gasteiger partial charge in [-0.05, 0) is 24.3 Å². The molecule has 6 heteroatoms. The average molecular weight is 296 g/mol. The number of ether oxygens (including phenoxy) is 1. The largest absolute Gasteiger partial charge is 0.495 e. The molecule has 0 atom stereocenters. The fourth-order valence-electron chi connectivity index (χ4n) is 1.52. The Morgan fingerprint density at radius 1 is 1.26 bits per heavy atom. The van der Waals surface area contributed by atoms with E-state index in [1.807, 2.05) is 0 Å². The van der Waals surface area contributed by atoms with Gasteiger partial charge in [-0.3, -0.25) is 10.1 Å². The zero-order valence-corrected chi connectivity index (χ0v) is 11.6. The first-order valence-electron chi connectivity index (χ1n) is 5.36. The molecule has 4 nitrogen and oxygen atoms in total. The molecule has 0 saturated carbocycles. The highest BCUT2D eigenvalue weighted by Crippen LogP contribution is 2.37. The highest BCUT2D eigenvalue weighted by Gasteiger charge is 2.14. The van der Waals surface area contributed by atoms with Crippen molar-refractivity contribution in [3.05, 3.63) is 57.6 Å². The van der Waals surface area contributed by atoms with Crippen molar-refractivity contribution in [3.8, 4) is 5.75 Å². The number of hydrogen-bond acceptors (Lipinski definition) is 4. The van der Waals surface area contributed by atoms with Crippen molar-refractivity contribution in [2.24, 2.45) is 0 Å². The van der Waals surface area contributed by atoms with Gasteiger partial charge in [0.2, 0.25) is 0 Å². The highest BCUT2D eigenvalue weighted by molar-refractivity contribution is 7.99. The molecule has 0 aliphatic rings. The van der Waals surface area contributed by atoms with Gasteiger partial charge in [-0.25, -0.2) is 0 Å². The summed E-state index contributed by atoms with van der Waals surface area (Å²) in [6.07, 6.45) is 0. The number of halogens is 1. The topological polar surface area (TPSA) is 52.4 Å². The van der Waals surface area contributed by atoms with Gasteiger partial charge in [-0.1, -0.05) is 35.5 Å². The molecule has 2 aromatic carbocycles. The van der Waals surface area contributed by atoms with Crippen molar-refractivity contribution in [1.82, 2.24) is 0 Å². The number of methoxy groups -OCH3 is 1. The summed E-state index contributed by atoms with van der Waals surface area (Å²) >= 11 is 7.24. The number of rotatable bonds is 4. The van der Waals surface area contributed by atoms with E-state index in [0.29, 0.717) is 15.7 Å². The lowest BCUT2D eigenvalue weighted by Crippen LogP contribution is -1.90. The van der Waals surface area contributed by atoms with E-state index in [4.69, 9.17) is 16.3 Å². The SMILES string of the molecule is COc1cc(Sc2ccccc2[N+](=O)[O-])ccc1Cl. The van der Waals surface area contributed by atoms with Gasteiger partial charge in [0.05, 0.1) is 22.0 Å². The Kier molecular flexibility index (Phi) is 4.29. The monoisotopic (exact) mass is 295 g/mol. The highest BCUT2D eigenvalue weighted by atomic mass is 35.5. The van der Waals surface area contributed by atoms with Crippen molar-refractivity contribution < 1.29 is 9.66 Å². The summed E-state index contributed by atoms with van der Waals surface area (Å²) in [6.45, 7) is 0. The number of para-hydroxylation sites is 1. The lowest BCUT2D eigenvalue weighted by atomic mass is 10.3. The minimum Gasteiger partial charge on any atom is -0.495 e. The summed E-state index contributed by atoms with van der Waals surface area (Å²) in [5.41, 5.74) is 0.0846. The Labute approximate surface area is 119 Å². The smallest absolute Gasteiger partial charge is 0.283 e. The fraction of sp³-hybridized carbons (Fsp3) is 0.0769. The van der Waals surface area contributed by atoms with Crippen LogP contribution in [0.4, 0.5) is 5.69 Å². The van der Waals surface area contributed by atoms with E-state index in [1.165, 1.54) is 24.9 Å². The zero-order valence-electron chi connectivity index (χ0n) is 10.00. The standard InChI is InChI=1S/C13H10ClNO3S/c1-18-12-8-9(6-7-10(12)14)19-13-5-3-2-4-11(13)15(16)17/h2-8H,1H3. The number of nitrogens with zero attached hydrogens (tertiary/aromatic N) is 1. The van der Waals surface area contributed by atoms with E-state index in [9.17, 15) is 10.1 Å². The van der Waals surface area contributed by atoms with Crippen molar-refractivity contribution in [3.63, 3.8) is 0 Å². The summed E-state index contributed by atoms with van der Waals surface area (Å²) in [4.78, 5) is 12.0. The van der Waals surface area contributed by atoms with Crippen molar-refractivity contribution in [2.45, 2.75) is 9.79 Å². The molecule has 0 saturated heterocycles. The summed E-state index contributed by atoms with van der Waals surface area (Å²) < 4.78 is 5.12. The first-order valence-corrected chi connectivity index (χ1v) is 6.56. The molecular weight excluding hydrogens is 286 g/mol. The first-order chi connectivity index (χ1) is 9.11. The van der Waals surface area contributed by atoms with Crippen molar-refractivity contribution in [1.29, 1.82) is 0 Å². The van der Waals surface area contributed by atoms with Crippen LogP contribution >= 0.6 is 23.4 Å². The van der Waals surface area contributed by atoms with Gasteiger partial charge in [-0.2, -0.15) is 0 Å². The predicted octanol–water partition coefficient (Wildman–Crippen LogP) is 4.41. The summed E-state index contributed by atoms with van der Waals surface area (Å²) in [5, 5.41) is 11.4. The average Bonchev–Trinajstić information content (AvgIpc) is 2.41. The van der Waals surface area contributed by atoms with Crippen molar-refractivity contribution >= 4 is 29.1 Å². The zero-order chi connectivity index (χ0) is 13.8. The Morgan fingerprint density at radius 2 is 2.00 bits per heavy atom. The van der Waals surface area contributed by atoms with Crippen molar-refractivity contribution in [2.75, 3.05) is 7.11 Å². The van der Waals surface area contributed by atoms with Gasteiger partial charge >= 0.3 is 0 Å². The Morgan fingerprint density at radius 3 is 2.68 bits per heavy atom. The van der Waals surface area contributed by atoms with E-state index in [2.05, 4.69) is 0 Å². The van der Waals surface area contributed by atoms with Crippen LogP contribution in [0, 0.1) is 10.1 Å². The third-order valence-corrected chi connectivity index (χ3v) is 3.78. The van der Waals surface area contributed by atoms with Gasteiger partial charge in [-0.15, -0.1) is 0 Å². The molecule has 0 aromatic heterocycles. The van der Waals surface area contributed by atoms with Gasteiger partial charge in [0.1, 0.15) is 5.75 Å². The molecule has 0 radical (unpaired) electrons. The minimum atomic E-state index is -0.393. The van der Waals surface area contributed by atoms with Crippen LogP contribution in [0.2, 0.25) is 5.02 Å². The van der Waals surface area contributed by atoms with Crippen LogP contribution in [-0.4, -0.2) is 12.0 Å². The maximum atomic E-state index is 10.9. The molecule has 0 bridgehead atoms. The van der Waals surface area contributed by atoms with E-state index in [-0.39, 0.29) is 5.69 Å². The van der Waals surface area contributed by atoms with Crippen LogP contribution < -0.4 is 4.74 Å². The summed E-state index contributed by atoms with van der Waals surface area (Å²) in [6, 6.07) is 11.9. The second-order valence-electron chi connectivity index (χ2n) is 3.62. The number of nitro groups is 1. The van der Waals surface area contributed by atoms with Gasteiger partial charge in [0.25, 0.3) is 5.69 Å². The van der Waals surface area contributed by atoms with Crippen LogP contribution in [0.5, 0.6) is 5.75 Å². The number of benzene rings is 2. The van der Waals surface area contributed by atoms with Crippen LogP contribution in [-0.2, 0) is 0 Å². The van der Waals surface area contributed by atoms with E-state index >= 15 is 0 Å². The maximum absolute atomic E-state index is 10.9. The Balaban J connectivity index is 2.34. The third kappa shape index (κ3) is 3.19. The molecule has 0 N–H and O–H groups in total. The molecule has 0 heterocycles. The van der Waals surface area contributed by atoms with E-state index in [0.717, 1.165) is 4.90 Å². The van der Waals surface area contributed by atoms with Crippen LogP contribution in [0.15, 0.2) is 52.3 Å². The second-order valence-corrected chi connectivity index (χ2v) is 5.15. The van der Waals surface area contributed by atoms with Gasteiger partial charge < -0.3 is 4.74 Å². The summed E-state index contributed by atoms with van der Waals surface area (Å²) in [7, 11) is 1.53. The molecule has 19 heavy (non-hydrogen) atoms. The molecule has 0 aliphatic carbocycles. The number of nitro benzene ring substituents is 1. The Hall–Kier alpha value is -1.72. The molecule has 2 aromatic rings. The molecule has 0 spiro atoms. The Bertz CT molecular complexity index is 619. The van der Waals surface area contributed by atoms with Crippen LogP contribution in [0.25, 0.3) is 0 Å². The molecular formula is C13H10ClNO3S. The minimum absolute atomic E-state index is 0.0846. The first kappa shape index (κ1) is 13.7. The molecule has 0 fully saturated rings. The second kappa shape index (κ2) is 5.95. The van der Waals surface area contributed by atoms with Gasteiger partial charge in [0, 0.05) is 11.0 Å². The molecule has 0 amide bonds. The van der Waals surface area contributed by atoms with Crippen LogP contribution in [0.3, 0.4) is 0 Å². The fourth-order valence-corrected chi connectivity index (χ4v) is 2.67. The molecule has 2 rings (SSSR count). The molecule has 98 valence electrons. The number of hydrogen-bond donors (Lipinski definition) is 0. The van der Waals surface area contributed by atoms with E-state index in [1.54, 1.807) is 36.4 Å². The lowest BCUT2D eigenvalue weighted by Gasteiger charge is -2.06. The van der Waals surface area contributed by atoms with E-state index < -0.39 is 4.92 Å². The normalized spacial score (nSPS) is 10.2. The lowest BCUT2D eigenvalue weighted by molar-refractivity contribution is -0.387. The third-order valence-electron chi connectivity index (χ3n) is 2.41. The quantitative estimate of drug-likeness (QED) is 0.619. The summed E-state index contributed by atoms with van der Waals surface area (Å²) in [5.74, 6) is 0.547. The molecule has 0 aliphatic heterocycles. The van der Waals surface area contributed by atoms with Crippen LogP contribution in [0.1, 0.15) is 0 Å². The maximum Gasteiger partial charge on any atom is 0.283 e.